The summed E-state index contributed by atoms with van der Waals surface area (Å²) in [7, 11) is 0. The number of hydrogen-bond acceptors (Lipinski definition) is 4. The molecule has 3 aliphatic rings. The summed E-state index contributed by atoms with van der Waals surface area (Å²) in [4.78, 5) is 24.2. The molecule has 2 aliphatic heterocycles. The topological polar surface area (TPSA) is 87.1 Å². The molecule has 0 unspecified atom stereocenters. The zero-order valence-corrected chi connectivity index (χ0v) is 10.1. The lowest BCUT2D eigenvalue weighted by Crippen LogP contribution is -2.47. The van der Waals surface area contributed by atoms with E-state index in [2.05, 4.69) is 0 Å². The molecule has 2 heterocycles. The van der Waals surface area contributed by atoms with E-state index in [0.717, 1.165) is 0 Å². The maximum Gasteiger partial charge on any atom is 0.411 e. The quantitative estimate of drug-likeness (QED) is 0.697. The molecule has 1 saturated carbocycles. The molecule has 0 aromatic rings. The number of amides is 1. The molecular weight excluding hydrogens is 226 g/mol. The minimum absolute atomic E-state index is 0.356. The fourth-order valence-electron chi connectivity index (χ4n) is 2.52. The Morgan fingerprint density at radius 2 is 1.94 bits per heavy atom. The largest absolute Gasteiger partial charge is 0.480 e. The van der Waals surface area contributed by atoms with Crippen LogP contribution in [-0.4, -0.2) is 51.0 Å². The van der Waals surface area contributed by atoms with Gasteiger partial charge in [-0.25, -0.2) is 9.59 Å². The molecule has 0 aromatic carbocycles. The lowest BCUT2D eigenvalue weighted by atomic mass is 9.79. The molecule has 3 fully saturated rings. The van der Waals surface area contributed by atoms with Crippen LogP contribution in [-0.2, 0) is 9.53 Å². The number of aliphatic carboxylic acids is 1. The highest BCUT2D eigenvalue weighted by Gasteiger charge is 2.63. The average molecular weight is 243 g/mol. The predicted octanol–water partition coefficient (Wildman–Crippen LogP) is 0.440. The number of hydrogen-bond donors (Lipinski definition) is 2. The summed E-state index contributed by atoms with van der Waals surface area (Å²) in [5.74, 6) is -1.44. The first-order valence-electron chi connectivity index (χ1n) is 5.64. The van der Waals surface area contributed by atoms with Gasteiger partial charge in [-0.05, 0) is 27.2 Å². The predicted molar refractivity (Wildman–Crippen MR) is 57.4 cm³/mol. The van der Waals surface area contributed by atoms with E-state index in [9.17, 15) is 14.7 Å². The minimum atomic E-state index is -1.08. The third-order valence-corrected chi connectivity index (χ3v) is 3.27. The van der Waals surface area contributed by atoms with Crippen molar-refractivity contribution in [2.75, 3.05) is 0 Å². The van der Waals surface area contributed by atoms with E-state index in [1.807, 2.05) is 0 Å². The van der Waals surface area contributed by atoms with Crippen LogP contribution < -0.4 is 0 Å². The Morgan fingerprint density at radius 1 is 1.35 bits per heavy atom. The molecule has 1 aliphatic carbocycles. The van der Waals surface area contributed by atoms with Gasteiger partial charge in [0.2, 0.25) is 0 Å². The van der Waals surface area contributed by atoms with E-state index in [0.29, 0.717) is 6.42 Å². The van der Waals surface area contributed by atoms with Crippen LogP contribution in [0.15, 0.2) is 0 Å². The van der Waals surface area contributed by atoms with Crippen LogP contribution in [0, 0.1) is 5.92 Å². The zero-order chi connectivity index (χ0) is 13.0. The van der Waals surface area contributed by atoms with Gasteiger partial charge in [0.25, 0.3) is 0 Å². The molecule has 2 N–H and O–H groups in total. The SMILES string of the molecule is CC(C)(C)OC(=O)N1[C@H](C(=O)O)[C@H]2C[C@H]1[C@H]2O. The molecule has 6 nitrogen and oxygen atoms in total. The summed E-state index contributed by atoms with van der Waals surface area (Å²) in [6.07, 6.45) is -0.852. The van der Waals surface area contributed by atoms with Crippen molar-refractivity contribution in [3.8, 4) is 0 Å². The molecule has 0 radical (unpaired) electrons. The van der Waals surface area contributed by atoms with Crippen LogP contribution in [0.4, 0.5) is 4.79 Å². The molecule has 4 atom stereocenters. The van der Waals surface area contributed by atoms with E-state index in [4.69, 9.17) is 9.84 Å². The van der Waals surface area contributed by atoms with Crippen LogP contribution in [0.2, 0.25) is 0 Å². The lowest BCUT2D eigenvalue weighted by Gasteiger charge is -2.32. The molecule has 2 bridgehead atoms. The summed E-state index contributed by atoms with van der Waals surface area (Å²) >= 11 is 0. The number of fused-ring (bicyclic) bond motifs is 1. The van der Waals surface area contributed by atoms with Gasteiger partial charge in [-0.2, -0.15) is 0 Å². The highest BCUT2D eigenvalue weighted by molar-refractivity contribution is 5.83. The Labute approximate surface area is 99.2 Å². The van der Waals surface area contributed by atoms with E-state index >= 15 is 0 Å². The van der Waals surface area contributed by atoms with E-state index < -0.39 is 35.9 Å². The zero-order valence-electron chi connectivity index (χ0n) is 10.1. The number of aliphatic hydroxyl groups excluding tert-OH is 1. The number of ether oxygens (including phenoxy) is 1. The second kappa shape index (κ2) is 3.60. The van der Waals surface area contributed by atoms with E-state index in [-0.39, 0.29) is 5.92 Å². The van der Waals surface area contributed by atoms with Gasteiger partial charge in [0.1, 0.15) is 11.6 Å². The normalized spacial score (nSPS) is 35.4. The molecule has 6 heteroatoms. The van der Waals surface area contributed by atoms with Crippen LogP contribution in [0.1, 0.15) is 27.2 Å². The van der Waals surface area contributed by atoms with Gasteiger partial charge in [0.15, 0.2) is 0 Å². The van der Waals surface area contributed by atoms with Crippen molar-refractivity contribution in [2.24, 2.45) is 5.92 Å². The molecule has 1 amide bonds. The van der Waals surface area contributed by atoms with Crippen LogP contribution in [0.25, 0.3) is 0 Å². The van der Waals surface area contributed by atoms with Gasteiger partial charge in [-0.15, -0.1) is 0 Å². The van der Waals surface area contributed by atoms with Gasteiger partial charge in [0, 0.05) is 5.92 Å². The summed E-state index contributed by atoms with van der Waals surface area (Å²) in [6, 6.07) is -1.36. The number of aliphatic hydroxyl groups is 1. The second-order valence-electron chi connectivity index (χ2n) is 5.63. The lowest BCUT2D eigenvalue weighted by molar-refractivity contribution is -0.142. The number of carbonyl (C=O) groups excluding carboxylic acids is 1. The third kappa shape index (κ3) is 1.86. The standard InChI is InChI=1S/C11H17NO5/c1-11(2,3)17-10(16)12-6-4-5(8(6)13)7(12)9(14)15/h5-8,13H,4H2,1-3H3,(H,14,15)/t5-,6+,7+,8+/m1/s1. The first-order chi connectivity index (χ1) is 7.72. The summed E-state index contributed by atoms with van der Waals surface area (Å²) in [6.45, 7) is 5.16. The summed E-state index contributed by atoms with van der Waals surface area (Å²) in [5, 5.41) is 18.8. The highest BCUT2D eigenvalue weighted by atomic mass is 16.6. The number of carbonyl (C=O) groups is 2. The first kappa shape index (κ1) is 12.2. The summed E-state index contributed by atoms with van der Waals surface area (Å²) in [5.41, 5.74) is -0.669. The van der Waals surface area contributed by atoms with Gasteiger partial charge >= 0.3 is 12.1 Å². The maximum atomic E-state index is 11.9. The smallest absolute Gasteiger partial charge is 0.411 e. The third-order valence-electron chi connectivity index (χ3n) is 3.27. The molecular formula is C11H17NO5. The number of rotatable bonds is 1. The monoisotopic (exact) mass is 243 g/mol. The number of nitrogens with zero attached hydrogens (tertiary/aromatic N) is 1. The van der Waals surface area contributed by atoms with Crippen molar-refractivity contribution in [2.45, 2.75) is 51.0 Å². The summed E-state index contributed by atoms with van der Waals surface area (Å²) < 4.78 is 5.16. The van der Waals surface area contributed by atoms with Crippen molar-refractivity contribution in [1.82, 2.24) is 4.90 Å². The van der Waals surface area contributed by atoms with Crippen molar-refractivity contribution >= 4 is 12.1 Å². The van der Waals surface area contributed by atoms with E-state index in [1.54, 1.807) is 20.8 Å². The Bertz CT molecular complexity index is 361. The Balaban J connectivity index is 2.15. The molecule has 0 aromatic heterocycles. The van der Waals surface area contributed by atoms with Crippen LogP contribution in [0.5, 0.6) is 0 Å². The Kier molecular flexibility index (Phi) is 2.57. The van der Waals surface area contributed by atoms with Gasteiger partial charge in [0.05, 0.1) is 12.1 Å². The molecule has 2 saturated heterocycles. The van der Waals surface area contributed by atoms with Crippen molar-refractivity contribution in [3.63, 3.8) is 0 Å². The first-order valence-corrected chi connectivity index (χ1v) is 5.64. The molecule has 17 heavy (non-hydrogen) atoms. The second-order valence-corrected chi connectivity index (χ2v) is 5.63. The van der Waals surface area contributed by atoms with Crippen LogP contribution in [0.3, 0.4) is 0 Å². The van der Waals surface area contributed by atoms with Gasteiger partial charge in [-0.1, -0.05) is 0 Å². The van der Waals surface area contributed by atoms with Gasteiger partial charge < -0.3 is 14.9 Å². The minimum Gasteiger partial charge on any atom is -0.480 e. The van der Waals surface area contributed by atoms with Crippen molar-refractivity contribution in [3.05, 3.63) is 0 Å². The van der Waals surface area contributed by atoms with Crippen molar-refractivity contribution < 1.29 is 24.5 Å². The number of carboxylic acid groups (broad SMARTS) is 1. The molecule has 3 rings (SSSR count). The maximum absolute atomic E-state index is 11.9. The average Bonchev–Trinajstić information content (AvgIpc) is 2.66. The van der Waals surface area contributed by atoms with Gasteiger partial charge in [-0.3, -0.25) is 4.90 Å². The fourth-order valence-corrected chi connectivity index (χ4v) is 2.52. The molecule has 96 valence electrons. The van der Waals surface area contributed by atoms with Crippen LogP contribution >= 0.6 is 0 Å². The fraction of sp³-hybridized carbons (Fsp3) is 0.818. The Morgan fingerprint density at radius 3 is 2.35 bits per heavy atom. The Hall–Kier alpha value is -1.30. The number of carboxylic acids is 1. The van der Waals surface area contributed by atoms with E-state index in [1.165, 1.54) is 4.90 Å². The highest BCUT2D eigenvalue weighted by Crippen LogP contribution is 2.46. The van der Waals surface area contributed by atoms with Crippen molar-refractivity contribution in [1.29, 1.82) is 0 Å². The molecule has 0 spiro atoms.